The molecule has 5 amide bonds. The minimum atomic E-state index is -2.09. The second-order valence-corrected chi connectivity index (χ2v) is 18.6. The highest BCUT2D eigenvalue weighted by atomic mass is 16.7. The smallest absolute Gasteiger partial charge is 0.337 e. The highest BCUT2D eigenvalue weighted by molar-refractivity contribution is 6.44. The summed E-state index contributed by atoms with van der Waals surface area (Å²) in [5.41, 5.74) is 2.22. The summed E-state index contributed by atoms with van der Waals surface area (Å²) in [6.07, 6.45) is -15.2. The van der Waals surface area contributed by atoms with E-state index in [1.54, 1.807) is 80.4 Å². The molecule has 0 aromatic heterocycles. The number of hydrogen-bond donors (Lipinski definition) is 8. The molecule has 3 saturated heterocycles. The van der Waals surface area contributed by atoms with Crippen molar-refractivity contribution in [3.63, 3.8) is 0 Å². The van der Waals surface area contributed by atoms with Gasteiger partial charge in [0.1, 0.15) is 36.6 Å². The van der Waals surface area contributed by atoms with Gasteiger partial charge in [-0.1, -0.05) is 50.2 Å². The van der Waals surface area contributed by atoms with Gasteiger partial charge in [-0.25, -0.2) is 9.69 Å². The van der Waals surface area contributed by atoms with Crippen LogP contribution in [-0.4, -0.2) is 199 Å². The largest absolute Gasteiger partial charge is 0.465 e. The number of nitrogens with zero attached hydrogens (tertiary/aromatic N) is 4. The van der Waals surface area contributed by atoms with Crippen LogP contribution in [0.5, 0.6) is 0 Å². The molecule has 3 aromatic rings. The number of rotatable bonds is 15. The first-order valence-electron chi connectivity index (χ1n) is 23.6. The lowest BCUT2D eigenvalue weighted by molar-refractivity contribution is -0.325. The van der Waals surface area contributed by atoms with Crippen LogP contribution in [0, 0.1) is 5.92 Å². The van der Waals surface area contributed by atoms with Crippen molar-refractivity contribution in [3.8, 4) is 0 Å². The lowest BCUT2D eigenvalue weighted by Gasteiger charge is -2.48. The van der Waals surface area contributed by atoms with Gasteiger partial charge < -0.3 is 70.2 Å². The Labute approximate surface area is 416 Å². The highest BCUT2D eigenvalue weighted by Gasteiger charge is 2.53. The monoisotopic (exact) mass is 1000 g/mol. The molecule has 22 heteroatoms. The molecule has 0 aliphatic carbocycles. The van der Waals surface area contributed by atoms with E-state index in [-0.39, 0.29) is 46.5 Å². The number of fused-ring (bicyclic) bond motifs is 1. The molecular formula is C50H63N7O15. The number of carbonyl (C=O) groups excluding carboxylic acids is 6. The molecule has 22 nitrogen and oxygen atoms in total. The molecule has 9 unspecified atom stereocenters. The van der Waals surface area contributed by atoms with E-state index in [0.717, 1.165) is 31.1 Å². The maximum absolute atomic E-state index is 14.8. The number of likely N-dealkylation sites (N-methyl/N-ethyl adjacent to an activating group) is 2. The first kappa shape index (κ1) is 53.6. The Bertz CT molecular complexity index is 2500. The topological polar surface area (TPSA) is 290 Å². The molecule has 10 atom stereocenters. The fourth-order valence-electron chi connectivity index (χ4n) is 9.18. The Hall–Kier alpha value is -6.18. The molecule has 4 heterocycles. The number of hydrogen-bond acceptors (Lipinski definition) is 18. The van der Waals surface area contributed by atoms with Crippen LogP contribution in [0.15, 0.2) is 72.8 Å². The van der Waals surface area contributed by atoms with E-state index in [9.17, 15) is 54.3 Å². The van der Waals surface area contributed by atoms with E-state index >= 15 is 0 Å². The number of anilines is 3. The zero-order chi connectivity index (χ0) is 52.1. The number of methoxy groups -OCH3 is 1. The molecule has 72 heavy (non-hydrogen) atoms. The van der Waals surface area contributed by atoms with Crippen LogP contribution in [-0.2, 0) is 42.9 Å². The molecule has 0 saturated carbocycles. The number of piperazine rings is 1. The third-order valence-corrected chi connectivity index (χ3v) is 13.3. The minimum absolute atomic E-state index is 0.000891. The van der Waals surface area contributed by atoms with Gasteiger partial charge in [-0.05, 0) is 54.9 Å². The molecular weight excluding hydrogens is 939 g/mol. The van der Waals surface area contributed by atoms with Gasteiger partial charge in [0.05, 0.1) is 61.5 Å². The fourth-order valence-corrected chi connectivity index (χ4v) is 9.18. The molecule has 3 fully saturated rings. The lowest BCUT2D eigenvalue weighted by atomic mass is 9.87. The van der Waals surface area contributed by atoms with E-state index in [2.05, 4.69) is 25.8 Å². The second-order valence-electron chi connectivity index (χ2n) is 18.6. The summed E-state index contributed by atoms with van der Waals surface area (Å²) in [5, 5.41) is 62.5. The average Bonchev–Trinajstić information content (AvgIpc) is 3.66. The lowest BCUT2D eigenvalue weighted by Crippen LogP contribution is -2.69. The predicted molar refractivity (Wildman–Crippen MR) is 260 cm³/mol. The van der Waals surface area contributed by atoms with Crippen LogP contribution < -0.4 is 25.8 Å². The van der Waals surface area contributed by atoms with Gasteiger partial charge in [0.15, 0.2) is 12.4 Å². The van der Waals surface area contributed by atoms with Gasteiger partial charge in [-0.3, -0.25) is 28.9 Å². The number of aliphatic hydroxyl groups is 5. The summed E-state index contributed by atoms with van der Waals surface area (Å²) in [7, 11) is 4.92. The van der Waals surface area contributed by atoms with Crippen LogP contribution in [0.3, 0.4) is 0 Å². The SMILES string of the molecule is COC(=O)c1ccc2c(c1)N(C(=O)CNC(=O)C1OC(OC3C(O)C(CO)OC(C(C)C)[C@H]3NC(C)=O)C(O)C(O)C1O)C(=O)/C2=C(\Nc1ccc(N(C)C(=O)CN2CCN(C)CC2)cc1)c1ccccc1. The van der Waals surface area contributed by atoms with Crippen molar-refractivity contribution in [2.24, 2.45) is 5.92 Å². The first-order valence-corrected chi connectivity index (χ1v) is 23.6. The maximum atomic E-state index is 14.8. The molecule has 4 aliphatic heterocycles. The van der Waals surface area contributed by atoms with Crippen molar-refractivity contribution in [1.82, 2.24) is 20.4 Å². The van der Waals surface area contributed by atoms with Gasteiger partial charge in [0.25, 0.3) is 17.7 Å². The van der Waals surface area contributed by atoms with Crippen molar-refractivity contribution in [1.29, 1.82) is 0 Å². The summed E-state index contributed by atoms with van der Waals surface area (Å²) in [5.74, 6) is -4.68. The summed E-state index contributed by atoms with van der Waals surface area (Å²) in [4.78, 5) is 88.0. The molecule has 3 aromatic carbocycles. The minimum Gasteiger partial charge on any atom is -0.465 e. The number of nitrogens with one attached hydrogen (secondary N) is 3. The van der Waals surface area contributed by atoms with E-state index in [1.807, 2.05) is 7.05 Å². The van der Waals surface area contributed by atoms with E-state index in [0.29, 0.717) is 16.9 Å². The first-order chi connectivity index (χ1) is 34.3. The third kappa shape index (κ3) is 11.5. The summed E-state index contributed by atoms with van der Waals surface area (Å²) in [6.45, 7) is 6.77. The zero-order valence-electron chi connectivity index (χ0n) is 40.8. The predicted octanol–water partition coefficient (Wildman–Crippen LogP) is -0.873. The summed E-state index contributed by atoms with van der Waals surface area (Å²) in [6, 6.07) is 19.0. The van der Waals surface area contributed by atoms with Gasteiger partial charge in [0, 0.05) is 57.1 Å². The summed E-state index contributed by atoms with van der Waals surface area (Å²) < 4.78 is 22.5. The van der Waals surface area contributed by atoms with Gasteiger partial charge in [-0.15, -0.1) is 0 Å². The van der Waals surface area contributed by atoms with Crippen molar-refractivity contribution in [2.75, 3.05) is 82.2 Å². The number of imide groups is 1. The van der Waals surface area contributed by atoms with Gasteiger partial charge in [-0.2, -0.15) is 0 Å². The number of ether oxygens (including phenoxy) is 4. The third-order valence-electron chi connectivity index (χ3n) is 13.3. The molecule has 4 aliphatic rings. The number of aliphatic hydroxyl groups excluding tert-OH is 5. The Morgan fingerprint density at radius 3 is 2.17 bits per heavy atom. The highest BCUT2D eigenvalue weighted by Crippen LogP contribution is 2.42. The van der Waals surface area contributed by atoms with E-state index in [1.165, 1.54) is 32.2 Å². The second kappa shape index (κ2) is 23.1. The van der Waals surface area contributed by atoms with Crippen LogP contribution in [0.4, 0.5) is 17.1 Å². The molecule has 388 valence electrons. The van der Waals surface area contributed by atoms with Crippen LogP contribution in [0.2, 0.25) is 0 Å². The molecule has 0 bridgehead atoms. The fraction of sp³-hybridized carbons (Fsp3) is 0.480. The standard InChI is InChI=1S/C50H63N7O15/c1-26(2)44-39(52-27(3)59)45(40(62)34(25-58)70-44)71-50-43(65)41(63)42(64)46(72-50)47(66)51-23-35(60)57-33-22-29(49(68)69-6)12-17-32(33)37(48(57)67)38(28-10-8-7-9-11-28)53-30-13-15-31(16-14-30)55(5)36(61)24-56-20-18-54(4)19-21-56/h7-17,22,26,34,39-46,50,53,58,62-65H,18-21,23-25H2,1-6H3,(H,51,66)(H,52,59)/b38-37-/t34?,39-,40?,41?,42?,43?,44?,45?,46?,50?/m1/s1. The van der Waals surface area contributed by atoms with Crippen molar-refractivity contribution in [2.45, 2.75) is 81.9 Å². The Morgan fingerprint density at radius 1 is 0.861 bits per heavy atom. The van der Waals surface area contributed by atoms with Crippen molar-refractivity contribution >= 4 is 63.8 Å². The van der Waals surface area contributed by atoms with E-state index in [4.69, 9.17) is 18.9 Å². The van der Waals surface area contributed by atoms with Crippen LogP contribution in [0.25, 0.3) is 11.3 Å². The van der Waals surface area contributed by atoms with E-state index < -0.39 is 104 Å². The van der Waals surface area contributed by atoms with Crippen molar-refractivity contribution in [3.05, 3.63) is 89.5 Å². The number of carbonyl (C=O) groups is 6. The molecule has 0 radical (unpaired) electrons. The van der Waals surface area contributed by atoms with Gasteiger partial charge in [0.2, 0.25) is 11.8 Å². The Balaban J connectivity index is 1.13. The average molecular weight is 1000 g/mol. The van der Waals surface area contributed by atoms with Crippen LogP contribution in [0.1, 0.15) is 42.3 Å². The van der Waals surface area contributed by atoms with Crippen molar-refractivity contribution < 1.29 is 73.2 Å². The van der Waals surface area contributed by atoms with Crippen LogP contribution >= 0.6 is 0 Å². The number of benzene rings is 3. The number of esters is 1. The Kier molecular flexibility index (Phi) is 17.2. The summed E-state index contributed by atoms with van der Waals surface area (Å²) >= 11 is 0. The zero-order valence-corrected chi connectivity index (χ0v) is 40.8. The molecule has 0 spiro atoms. The molecule has 7 rings (SSSR count). The number of amides is 5. The normalized spacial score (nSPS) is 27.4. The molecule has 8 N–H and O–H groups in total. The maximum Gasteiger partial charge on any atom is 0.337 e. The Morgan fingerprint density at radius 2 is 1.54 bits per heavy atom. The quantitative estimate of drug-likeness (QED) is 0.0678. The van der Waals surface area contributed by atoms with Gasteiger partial charge >= 0.3 is 5.97 Å².